The molecule has 2 aromatic carbocycles. The molecule has 0 radical (unpaired) electrons. The van der Waals surface area contributed by atoms with E-state index in [4.69, 9.17) is 4.74 Å². The molecule has 4 nitrogen and oxygen atoms in total. The van der Waals surface area contributed by atoms with Crippen molar-refractivity contribution in [3.05, 3.63) is 65.2 Å². The third-order valence-electron chi connectivity index (χ3n) is 9.20. The van der Waals surface area contributed by atoms with E-state index in [1.807, 2.05) is 24.3 Å². The molecule has 4 heteroatoms. The van der Waals surface area contributed by atoms with Gasteiger partial charge in [0, 0.05) is 18.1 Å². The third kappa shape index (κ3) is 4.31. The van der Waals surface area contributed by atoms with Crippen molar-refractivity contribution in [3.8, 4) is 5.75 Å². The summed E-state index contributed by atoms with van der Waals surface area (Å²) in [5.41, 5.74) is 2.99. The van der Waals surface area contributed by atoms with Crippen LogP contribution < -0.4 is 0 Å². The Morgan fingerprint density at radius 1 is 1.03 bits per heavy atom. The second kappa shape index (κ2) is 9.83. The average molecular weight is 463 g/mol. The van der Waals surface area contributed by atoms with Crippen molar-refractivity contribution in [1.29, 1.82) is 0 Å². The molecule has 2 N–H and O–H groups in total. The number of ether oxygens (including phenoxy) is 1. The van der Waals surface area contributed by atoms with E-state index in [1.54, 1.807) is 12.1 Å². The summed E-state index contributed by atoms with van der Waals surface area (Å²) in [5, 5.41) is 20.9. The lowest BCUT2D eigenvalue weighted by molar-refractivity contribution is -0.0350. The van der Waals surface area contributed by atoms with Crippen LogP contribution in [0.25, 0.3) is 0 Å². The molecule has 0 aromatic heterocycles. The van der Waals surface area contributed by atoms with E-state index in [0.29, 0.717) is 24.4 Å². The molecular formula is C30H38O4. The van der Waals surface area contributed by atoms with Gasteiger partial charge in [0.25, 0.3) is 0 Å². The molecule has 0 spiro atoms. The molecular weight excluding hydrogens is 424 g/mol. The van der Waals surface area contributed by atoms with Crippen molar-refractivity contribution in [1.82, 2.24) is 0 Å². The fourth-order valence-electron chi connectivity index (χ4n) is 7.38. The number of ketones is 1. The SMILES string of the molecule is C[C@]12CC[C@@H]3c4ccc(O)cc4C(=O)[C@@H](CCCCCOCc4ccccc4)[C@H]3[C@@H]1CC[C@@H]2O. The maximum absolute atomic E-state index is 13.7. The van der Waals surface area contributed by atoms with Gasteiger partial charge in [0.05, 0.1) is 12.7 Å². The topological polar surface area (TPSA) is 66.8 Å². The van der Waals surface area contributed by atoms with Gasteiger partial charge in [0.15, 0.2) is 5.78 Å². The number of fused-ring (bicyclic) bond motifs is 5. The van der Waals surface area contributed by atoms with Gasteiger partial charge in [0.2, 0.25) is 0 Å². The highest BCUT2D eigenvalue weighted by molar-refractivity contribution is 6.01. The van der Waals surface area contributed by atoms with Gasteiger partial charge in [-0.3, -0.25) is 4.79 Å². The summed E-state index contributed by atoms with van der Waals surface area (Å²) >= 11 is 0. The number of phenolic OH excluding ortho intramolecular Hbond substituents is 1. The maximum atomic E-state index is 13.7. The van der Waals surface area contributed by atoms with E-state index in [0.717, 1.165) is 69.1 Å². The van der Waals surface area contributed by atoms with Crippen LogP contribution in [0.2, 0.25) is 0 Å². The van der Waals surface area contributed by atoms with Crippen LogP contribution in [0.4, 0.5) is 0 Å². The fraction of sp³-hybridized carbons (Fsp3) is 0.567. The number of carbonyl (C=O) groups excluding carboxylic acids is 1. The Hall–Kier alpha value is -2.17. The summed E-state index contributed by atoms with van der Waals surface area (Å²) in [4.78, 5) is 13.7. The summed E-state index contributed by atoms with van der Waals surface area (Å²) in [6, 6.07) is 15.6. The number of aliphatic hydroxyl groups is 1. The summed E-state index contributed by atoms with van der Waals surface area (Å²) in [5.74, 6) is 1.42. The first-order valence-electron chi connectivity index (χ1n) is 13.2. The van der Waals surface area contributed by atoms with Gasteiger partial charge in [0.1, 0.15) is 5.75 Å². The molecule has 0 aliphatic heterocycles. The number of aromatic hydroxyl groups is 1. The molecule has 5 rings (SSSR count). The quantitative estimate of drug-likeness (QED) is 0.455. The molecule has 0 bridgehead atoms. The zero-order chi connectivity index (χ0) is 23.7. The Morgan fingerprint density at radius 3 is 2.68 bits per heavy atom. The molecule has 2 saturated carbocycles. The molecule has 3 aliphatic rings. The first-order chi connectivity index (χ1) is 16.5. The highest BCUT2D eigenvalue weighted by atomic mass is 16.5. The minimum atomic E-state index is -0.253. The van der Waals surface area contributed by atoms with E-state index in [1.165, 1.54) is 5.56 Å². The summed E-state index contributed by atoms with van der Waals surface area (Å²) in [6.45, 7) is 3.64. The number of hydrogen-bond donors (Lipinski definition) is 2. The number of hydrogen-bond acceptors (Lipinski definition) is 4. The molecule has 3 aliphatic carbocycles. The lowest BCUT2D eigenvalue weighted by atomic mass is 9.51. The van der Waals surface area contributed by atoms with Crippen LogP contribution in [-0.2, 0) is 11.3 Å². The highest BCUT2D eigenvalue weighted by Gasteiger charge is 2.58. The molecule has 0 unspecified atom stereocenters. The smallest absolute Gasteiger partial charge is 0.166 e. The fourth-order valence-corrected chi connectivity index (χ4v) is 7.38. The van der Waals surface area contributed by atoms with Crippen molar-refractivity contribution in [2.75, 3.05) is 6.61 Å². The van der Waals surface area contributed by atoms with Crippen LogP contribution in [0.15, 0.2) is 48.5 Å². The van der Waals surface area contributed by atoms with Crippen molar-refractivity contribution in [2.45, 2.75) is 76.9 Å². The standard InChI is InChI=1S/C30H38O4/c1-30-16-15-23-22-12-11-21(31)18-25(22)29(33)24(28(23)26(30)13-14-27(30)32)10-6-3-7-17-34-19-20-8-4-2-5-9-20/h2,4-5,8-9,11-12,18,23-24,26-28,31-32H,3,6-7,10,13-17,19H2,1H3/t23-,24+,26+,27+,28+,30+/m1/s1. The number of phenols is 1. The van der Waals surface area contributed by atoms with Gasteiger partial charge in [-0.25, -0.2) is 0 Å². The Balaban J connectivity index is 1.25. The Labute approximate surface area is 203 Å². The maximum Gasteiger partial charge on any atom is 0.166 e. The van der Waals surface area contributed by atoms with E-state index >= 15 is 0 Å². The average Bonchev–Trinajstić information content (AvgIpc) is 3.15. The number of rotatable bonds is 8. The van der Waals surface area contributed by atoms with Crippen molar-refractivity contribution in [2.24, 2.45) is 23.2 Å². The number of carbonyl (C=O) groups is 1. The predicted octanol–water partition coefficient (Wildman–Crippen LogP) is 6.25. The molecule has 2 fully saturated rings. The Kier molecular flexibility index (Phi) is 6.81. The number of Topliss-reactive ketones (excluding diaryl/α,β-unsaturated/α-hetero) is 1. The second-order valence-electron chi connectivity index (χ2n) is 11.1. The largest absolute Gasteiger partial charge is 0.508 e. The van der Waals surface area contributed by atoms with Crippen molar-refractivity contribution >= 4 is 5.78 Å². The number of benzene rings is 2. The first-order valence-corrected chi connectivity index (χ1v) is 13.2. The Morgan fingerprint density at radius 2 is 1.85 bits per heavy atom. The zero-order valence-corrected chi connectivity index (χ0v) is 20.3. The van der Waals surface area contributed by atoms with Crippen LogP contribution >= 0.6 is 0 Å². The van der Waals surface area contributed by atoms with E-state index < -0.39 is 0 Å². The minimum Gasteiger partial charge on any atom is -0.508 e. The van der Waals surface area contributed by atoms with Crippen LogP contribution in [0.5, 0.6) is 5.75 Å². The van der Waals surface area contributed by atoms with Crippen molar-refractivity contribution < 1.29 is 19.7 Å². The molecule has 6 atom stereocenters. The minimum absolute atomic E-state index is 0.0144. The summed E-state index contributed by atoms with van der Waals surface area (Å²) in [7, 11) is 0. The van der Waals surface area contributed by atoms with Crippen LogP contribution in [0.1, 0.15) is 85.7 Å². The van der Waals surface area contributed by atoms with Gasteiger partial charge in [-0.1, -0.05) is 56.2 Å². The highest BCUT2D eigenvalue weighted by Crippen LogP contribution is 2.62. The molecule has 34 heavy (non-hydrogen) atoms. The molecule has 182 valence electrons. The third-order valence-corrected chi connectivity index (χ3v) is 9.20. The lowest BCUT2D eigenvalue weighted by Gasteiger charge is -2.52. The molecule has 2 aromatic rings. The normalized spacial score (nSPS) is 32.2. The Bertz CT molecular complexity index is 1000. The number of aliphatic hydroxyl groups excluding tert-OH is 1. The zero-order valence-electron chi connectivity index (χ0n) is 20.3. The summed E-state index contributed by atoms with van der Waals surface area (Å²) < 4.78 is 5.84. The van der Waals surface area contributed by atoms with E-state index in [-0.39, 0.29) is 29.0 Å². The van der Waals surface area contributed by atoms with Gasteiger partial charge in [-0.2, -0.15) is 0 Å². The van der Waals surface area contributed by atoms with Crippen molar-refractivity contribution in [3.63, 3.8) is 0 Å². The first kappa shape index (κ1) is 23.6. The van der Waals surface area contributed by atoms with Gasteiger partial charge in [-0.15, -0.1) is 0 Å². The van der Waals surface area contributed by atoms with Crippen LogP contribution in [0.3, 0.4) is 0 Å². The van der Waals surface area contributed by atoms with E-state index in [2.05, 4.69) is 19.1 Å². The van der Waals surface area contributed by atoms with Gasteiger partial charge in [-0.05, 0) is 85.0 Å². The molecule has 0 saturated heterocycles. The predicted molar refractivity (Wildman–Crippen MR) is 133 cm³/mol. The van der Waals surface area contributed by atoms with Crippen LogP contribution in [-0.4, -0.2) is 28.7 Å². The lowest BCUT2D eigenvalue weighted by Crippen LogP contribution is -2.49. The summed E-state index contributed by atoms with van der Waals surface area (Å²) in [6.07, 6.45) is 7.59. The monoisotopic (exact) mass is 462 g/mol. The molecule has 0 heterocycles. The van der Waals surface area contributed by atoms with Gasteiger partial charge < -0.3 is 14.9 Å². The van der Waals surface area contributed by atoms with Crippen LogP contribution in [0, 0.1) is 23.2 Å². The molecule has 0 amide bonds. The van der Waals surface area contributed by atoms with E-state index in [9.17, 15) is 15.0 Å². The van der Waals surface area contributed by atoms with Gasteiger partial charge >= 0.3 is 0 Å². The number of unbranched alkanes of at least 4 members (excludes halogenated alkanes) is 2. The second-order valence-corrected chi connectivity index (χ2v) is 11.1.